The maximum atomic E-state index is 13.3. The molecule has 0 radical (unpaired) electrons. The Kier molecular flexibility index (Phi) is 4.22. The van der Waals surface area contributed by atoms with Gasteiger partial charge in [-0.15, -0.1) is 0 Å². The van der Waals surface area contributed by atoms with Crippen LogP contribution in [0, 0.1) is 6.92 Å². The molecule has 3 aromatic rings. The molecule has 1 N–H and O–H groups in total. The molecule has 0 fully saturated rings. The summed E-state index contributed by atoms with van der Waals surface area (Å²) in [6.07, 6.45) is 0. The van der Waals surface area contributed by atoms with Gasteiger partial charge in [0.1, 0.15) is 23.6 Å². The Balaban J connectivity index is 2.11. The van der Waals surface area contributed by atoms with Gasteiger partial charge in [0.25, 0.3) is 5.56 Å². The number of fused-ring (bicyclic) bond motifs is 1. The topological polar surface area (TPSA) is 63.6 Å². The summed E-state index contributed by atoms with van der Waals surface area (Å²) < 4.78 is 15.0. The van der Waals surface area contributed by atoms with Crippen LogP contribution in [0.25, 0.3) is 11.0 Å². The molecule has 0 aliphatic rings. The first kappa shape index (κ1) is 17.3. The van der Waals surface area contributed by atoms with Gasteiger partial charge in [-0.2, -0.15) is 5.10 Å². The minimum atomic E-state index is -0.799. The van der Waals surface area contributed by atoms with Crippen LogP contribution >= 0.6 is 0 Å². The van der Waals surface area contributed by atoms with Gasteiger partial charge in [0.15, 0.2) is 5.65 Å². The molecule has 0 saturated heterocycles. The van der Waals surface area contributed by atoms with Gasteiger partial charge in [-0.1, -0.05) is 45.0 Å². The van der Waals surface area contributed by atoms with Crippen LogP contribution in [0.5, 0.6) is 0 Å². The lowest BCUT2D eigenvalue weighted by atomic mass is 9.86. The van der Waals surface area contributed by atoms with Crippen LogP contribution in [-0.2, 0) is 12.1 Å². The smallest absolute Gasteiger partial charge is 0.262 e. The normalized spacial score (nSPS) is 13.4. The molecule has 1 aromatic carbocycles. The number of halogens is 1. The number of aromatic nitrogens is 4. The molecule has 0 bridgehead atoms. The van der Waals surface area contributed by atoms with Crippen molar-refractivity contribution < 1.29 is 4.39 Å². The second-order valence-corrected chi connectivity index (χ2v) is 7.42. The molecule has 0 saturated carbocycles. The number of aromatic amines is 1. The maximum Gasteiger partial charge on any atom is 0.262 e. The lowest BCUT2D eigenvalue weighted by molar-refractivity contribution is 0.465. The third kappa shape index (κ3) is 3.08. The fraction of sp³-hybridized carbons (Fsp3) is 0.421. The predicted molar refractivity (Wildman–Crippen MR) is 96.7 cm³/mol. The Bertz CT molecular complexity index is 964. The molecule has 3 rings (SSSR count). The summed E-state index contributed by atoms with van der Waals surface area (Å²) in [6, 6.07) is 8.13. The van der Waals surface area contributed by atoms with E-state index in [9.17, 15) is 9.18 Å². The van der Waals surface area contributed by atoms with E-state index in [1.54, 1.807) is 11.6 Å². The zero-order valence-corrected chi connectivity index (χ0v) is 15.2. The summed E-state index contributed by atoms with van der Waals surface area (Å²) in [5, 5.41) is 4.54. The number of aryl methyl sites for hydroxylation is 1. The van der Waals surface area contributed by atoms with Crippen LogP contribution in [0.2, 0.25) is 0 Å². The standard InChI is InChI=1S/C19H23FN4O/c1-11(13-6-8-14(9-7-13)19(3,4)5)24-17-16(15(10-20)23-24)18(25)22-12(2)21-17/h6-9,11H,10H2,1-5H3,(H,21,22,25)/t11-/m0/s1. The number of H-pyrrole nitrogens is 1. The van der Waals surface area contributed by atoms with Gasteiger partial charge in [0.2, 0.25) is 0 Å². The van der Waals surface area contributed by atoms with Gasteiger partial charge in [0.05, 0.1) is 6.04 Å². The van der Waals surface area contributed by atoms with Crippen LogP contribution < -0.4 is 5.56 Å². The molecule has 1 atom stereocenters. The van der Waals surface area contributed by atoms with Gasteiger partial charge < -0.3 is 4.98 Å². The van der Waals surface area contributed by atoms with Gasteiger partial charge in [-0.25, -0.2) is 14.1 Å². The third-order valence-corrected chi connectivity index (χ3v) is 4.51. The average Bonchev–Trinajstić information content (AvgIpc) is 2.92. The van der Waals surface area contributed by atoms with Gasteiger partial charge in [-0.3, -0.25) is 4.79 Å². The highest BCUT2D eigenvalue weighted by atomic mass is 19.1. The van der Waals surface area contributed by atoms with E-state index in [1.807, 2.05) is 19.1 Å². The predicted octanol–water partition coefficient (Wildman–Crippen LogP) is 3.80. The van der Waals surface area contributed by atoms with E-state index in [4.69, 9.17) is 0 Å². The molecule has 132 valence electrons. The lowest BCUT2D eigenvalue weighted by Gasteiger charge is -2.20. The number of alkyl halides is 1. The third-order valence-electron chi connectivity index (χ3n) is 4.51. The highest BCUT2D eigenvalue weighted by molar-refractivity contribution is 5.77. The van der Waals surface area contributed by atoms with E-state index in [0.717, 1.165) is 5.56 Å². The lowest BCUT2D eigenvalue weighted by Crippen LogP contribution is -2.14. The van der Waals surface area contributed by atoms with Gasteiger partial charge >= 0.3 is 0 Å². The Morgan fingerprint density at radius 1 is 1.24 bits per heavy atom. The molecule has 0 aliphatic heterocycles. The van der Waals surface area contributed by atoms with Crippen LogP contribution in [0.4, 0.5) is 4.39 Å². The Labute approximate surface area is 145 Å². The molecule has 2 aromatic heterocycles. The summed E-state index contributed by atoms with van der Waals surface area (Å²) >= 11 is 0. The summed E-state index contributed by atoms with van der Waals surface area (Å²) in [6.45, 7) is 9.37. The van der Waals surface area contributed by atoms with E-state index in [2.05, 4.69) is 48.0 Å². The second-order valence-electron chi connectivity index (χ2n) is 7.42. The molecular weight excluding hydrogens is 319 g/mol. The zero-order valence-electron chi connectivity index (χ0n) is 15.2. The van der Waals surface area contributed by atoms with Crippen molar-refractivity contribution in [2.75, 3.05) is 0 Å². The monoisotopic (exact) mass is 342 g/mol. The number of hydrogen-bond acceptors (Lipinski definition) is 3. The summed E-state index contributed by atoms with van der Waals surface area (Å²) in [7, 11) is 0. The molecule has 6 heteroatoms. The summed E-state index contributed by atoms with van der Waals surface area (Å²) in [4.78, 5) is 19.2. The van der Waals surface area contributed by atoms with Crippen molar-refractivity contribution in [1.82, 2.24) is 19.7 Å². The minimum Gasteiger partial charge on any atom is -0.310 e. The van der Waals surface area contributed by atoms with E-state index in [0.29, 0.717) is 11.5 Å². The molecule has 0 aliphatic carbocycles. The first-order valence-corrected chi connectivity index (χ1v) is 8.36. The van der Waals surface area contributed by atoms with Crippen LogP contribution in [0.3, 0.4) is 0 Å². The van der Waals surface area contributed by atoms with Crippen molar-refractivity contribution in [3.63, 3.8) is 0 Å². The summed E-state index contributed by atoms with van der Waals surface area (Å²) in [5.74, 6) is 0.485. The molecule has 0 unspecified atom stereocenters. The number of rotatable bonds is 3. The van der Waals surface area contributed by atoms with Crippen molar-refractivity contribution >= 4 is 11.0 Å². The van der Waals surface area contributed by atoms with E-state index >= 15 is 0 Å². The molecule has 0 spiro atoms. The molecular formula is C19H23FN4O. The van der Waals surface area contributed by atoms with E-state index < -0.39 is 6.67 Å². The highest BCUT2D eigenvalue weighted by Gasteiger charge is 2.21. The number of nitrogens with zero attached hydrogens (tertiary/aromatic N) is 3. The molecule has 25 heavy (non-hydrogen) atoms. The zero-order chi connectivity index (χ0) is 18.4. The minimum absolute atomic E-state index is 0.0769. The fourth-order valence-electron chi connectivity index (χ4n) is 2.99. The quantitative estimate of drug-likeness (QED) is 0.787. The maximum absolute atomic E-state index is 13.3. The summed E-state index contributed by atoms with van der Waals surface area (Å²) in [5.41, 5.74) is 2.54. The van der Waals surface area contributed by atoms with Gasteiger partial charge in [-0.05, 0) is 30.4 Å². The van der Waals surface area contributed by atoms with Crippen molar-refractivity contribution in [3.8, 4) is 0 Å². The van der Waals surface area contributed by atoms with Crippen molar-refractivity contribution in [1.29, 1.82) is 0 Å². The van der Waals surface area contributed by atoms with Crippen molar-refractivity contribution in [3.05, 3.63) is 57.3 Å². The first-order valence-electron chi connectivity index (χ1n) is 8.36. The Hall–Kier alpha value is -2.50. The Morgan fingerprint density at radius 3 is 2.44 bits per heavy atom. The largest absolute Gasteiger partial charge is 0.310 e. The van der Waals surface area contributed by atoms with E-state index in [1.165, 1.54) is 5.56 Å². The SMILES string of the molecule is Cc1nc2c(c(CF)nn2[C@@H](C)c2ccc(C(C)(C)C)cc2)c(=O)[nH]1. The number of hydrogen-bond donors (Lipinski definition) is 1. The van der Waals surface area contributed by atoms with Crippen LogP contribution in [0.1, 0.15) is 56.4 Å². The van der Waals surface area contributed by atoms with Crippen LogP contribution in [-0.4, -0.2) is 19.7 Å². The fourth-order valence-corrected chi connectivity index (χ4v) is 2.99. The molecule has 5 nitrogen and oxygen atoms in total. The van der Waals surface area contributed by atoms with E-state index in [-0.39, 0.29) is 28.1 Å². The van der Waals surface area contributed by atoms with Crippen LogP contribution in [0.15, 0.2) is 29.1 Å². The highest BCUT2D eigenvalue weighted by Crippen LogP contribution is 2.27. The van der Waals surface area contributed by atoms with Gasteiger partial charge in [0, 0.05) is 0 Å². The molecule has 2 heterocycles. The van der Waals surface area contributed by atoms with Crippen molar-refractivity contribution in [2.24, 2.45) is 0 Å². The number of nitrogens with one attached hydrogen (secondary N) is 1. The second kappa shape index (κ2) is 6.10. The Morgan fingerprint density at radius 2 is 1.88 bits per heavy atom. The van der Waals surface area contributed by atoms with Crippen molar-refractivity contribution in [2.45, 2.75) is 52.8 Å². The average molecular weight is 342 g/mol. The molecule has 0 amide bonds. The number of benzene rings is 1. The first-order chi connectivity index (χ1) is 11.7.